The molecule has 0 N–H and O–H groups in total. The van der Waals surface area contributed by atoms with Gasteiger partial charge in [0.1, 0.15) is 5.65 Å². The molecule has 274 valence electrons. The Kier molecular flexibility index (Phi) is 12.9. The summed E-state index contributed by atoms with van der Waals surface area (Å²) in [5.41, 5.74) is 15.4. The molecule has 0 fully saturated rings. The van der Waals surface area contributed by atoms with Crippen molar-refractivity contribution in [2.75, 3.05) is 0 Å². The van der Waals surface area contributed by atoms with Gasteiger partial charge in [-0.05, 0) is 115 Å². The smallest absolute Gasteiger partial charge is 0.142 e. The van der Waals surface area contributed by atoms with Gasteiger partial charge in [0.2, 0.25) is 0 Å². The summed E-state index contributed by atoms with van der Waals surface area (Å²) in [6, 6.07) is 11.8. The highest BCUT2D eigenvalue weighted by Gasteiger charge is 2.37. The lowest BCUT2D eigenvalue weighted by atomic mass is 9.67. The quantitative estimate of drug-likeness (QED) is 0.186. The van der Waals surface area contributed by atoms with E-state index in [0.29, 0.717) is 11.3 Å². The van der Waals surface area contributed by atoms with Crippen LogP contribution >= 0.6 is 0 Å². The van der Waals surface area contributed by atoms with Gasteiger partial charge in [-0.3, -0.25) is 4.40 Å². The summed E-state index contributed by atoms with van der Waals surface area (Å²) in [6.45, 7) is 40.6. The van der Waals surface area contributed by atoms with E-state index in [-0.39, 0.29) is 16.2 Å². The van der Waals surface area contributed by atoms with Crippen LogP contribution in [0.1, 0.15) is 162 Å². The van der Waals surface area contributed by atoms with E-state index < -0.39 is 0 Å². The van der Waals surface area contributed by atoms with Gasteiger partial charge in [-0.15, -0.1) is 0 Å². The van der Waals surface area contributed by atoms with E-state index in [1.807, 2.05) is 13.8 Å². The molecule has 4 aromatic rings. The summed E-state index contributed by atoms with van der Waals surface area (Å²) in [7, 11) is 0. The number of aryl methyl sites for hydroxylation is 3. The van der Waals surface area contributed by atoms with Gasteiger partial charge >= 0.3 is 0 Å². The van der Waals surface area contributed by atoms with Crippen molar-refractivity contribution in [3.8, 4) is 11.3 Å². The van der Waals surface area contributed by atoms with Crippen molar-refractivity contribution in [2.24, 2.45) is 21.7 Å². The van der Waals surface area contributed by atoms with Crippen LogP contribution in [0.15, 0.2) is 48.6 Å². The number of aromatic nitrogens is 2. The lowest BCUT2D eigenvalue weighted by Crippen LogP contribution is -2.25. The van der Waals surface area contributed by atoms with E-state index in [4.69, 9.17) is 4.98 Å². The molecule has 0 bridgehead atoms. The lowest BCUT2D eigenvalue weighted by Gasteiger charge is -2.38. The molecule has 0 spiro atoms. The Hall–Kier alpha value is -3.13. The largest absolute Gasteiger partial charge is 0.292 e. The maximum Gasteiger partial charge on any atom is 0.142 e. The molecule has 2 aromatic heterocycles. The lowest BCUT2D eigenvalue weighted by molar-refractivity contribution is 0.322. The minimum absolute atomic E-state index is 0.0431. The molecule has 0 aliphatic heterocycles. The van der Waals surface area contributed by atoms with Gasteiger partial charge in [-0.2, -0.15) is 0 Å². The molecule has 2 atom stereocenters. The third-order valence-electron chi connectivity index (χ3n) is 9.70. The van der Waals surface area contributed by atoms with Crippen LogP contribution < -0.4 is 0 Å². The number of hydrogen-bond donors (Lipinski definition) is 0. The zero-order valence-corrected chi connectivity index (χ0v) is 35.5. The number of nitrogens with zero attached hydrogens (tertiary/aromatic N) is 2. The molecule has 2 nitrogen and oxygen atoms in total. The van der Waals surface area contributed by atoms with Crippen LogP contribution in [-0.2, 0) is 12.8 Å². The Balaban J connectivity index is 0.000000887. The molecular formula is C48H72N2. The number of hydrogen-bond acceptors (Lipinski definition) is 1. The monoisotopic (exact) mass is 677 g/mol. The van der Waals surface area contributed by atoms with Gasteiger partial charge in [0.05, 0.1) is 16.9 Å². The van der Waals surface area contributed by atoms with Crippen molar-refractivity contribution in [1.82, 2.24) is 9.38 Å². The van der Waals surface area contributed by atoms with Crippen molar-refractivity contribution >= 4 is 22.6 Å². The number of fused-ring (bicyclic) bond motifs is 6. The third kappa shape index (κ3) is 9.40. The highest BCUT2D eigenvalue weighted by molar-refractivity contribution is 5.97. The second kappa shape index (κ2) is 15.6. The van der Waals surface area contributed by atoms with E-state index in [1.165, 1.54) is 55.5 Å². The van der Waals surface area contributed by atoms with Crippen molar-refractivity contribution < 1.29 is 0 Å². The number of allylic oxidation sites excluding steroid dienone is 3. The van der Waals surface area contributed by atoms with Gasteiger partial charge in [-0.1, -0.05) is 139 Å². The standard InChI is InChI=1S/C41H54N2.C5H12.C2H6/c1-13-21-41(12,14-2)33-20-16-19-31-32-22-29(24-39(6,7)8)30(25-40(9,10)11)23-34(32)43-37(28(5)42-38(43)36(31)33)35-26(3)17-15-18-27(35)4;1-5(2,3)4;1-2/h13,15-19,21-23,33H,14,20,24-25H2,1-12H3;1-4H3;1-2H3. The average Bonchev–Trinajstić information content (AvgIpc) is 3.32. The summed E-state index contributed by atoms with van der Waals surface area (Å²) in [5.74, 6) is 0.355. The summed E-state index contributed by atoms with van der Waals surface area (Å²) in [5, 5.41) is 1.36. The second-order valence-electron chi connectivity index (χ2n) is 19.0. The van der Waals surface area contributed by atoms with Gasteiger partial charge in [-0.25, -0.2) is 4.98 Å². The van der Waals surface area contributed by atoms with E-state index >= 15 is 0 Å². The van der Waals surface area contributed by atoms with Crippen molar-refractivity contribution in [3.63, 3.8) is 0 Å². The molecule has 2 aromatic carbocycles. The molecule has 0 saturated heterocycles. The Labute approximate surface area is 307 Å². The van der Waals surface area contributed by atoms with Crippen molar-refractivity contribution in [3.05, 3.63) is 87.6 Å². The first-order valence-corrected chi connectivity index (χ1v) is 19.5. The van der Waals surface area contributed by atoms with E-state index in [2.05, 4.69) is 170 Å². The van der Waals surface area contributed by atoms with E-state index in [9.17, 15) is 0 Å². The van der Waals surface area contributed by atoms with Gasteiger partial charge in [0.25, 0.3) is 0 Å². The number of benzene rings is 2. The van der Waals surface area contributed by atoms with Gasteiger partial charge < -0.3 is 0 Å². The fourth-order valence-corrected chi connectivity index (χ4v) is 7.66. The molecule has 1 aliphatic carbocycles. The first kappa shape index (κ1) is 41.3. The average molecular weight is 677 g/mol. The molecular weight excluding hydrogens is 605 g/mol. The fourth-order valence-electron chi connectivity index (χ4n) is 7.66. The summed E-state index contributed by atoms with van der Waals surface area (Å²) >= 11 is 0. The molecule has 2 heterocycles. The summed E-state index contributed by atoms with van der Waals surface area (Å²) < 4.78 is 2.56. The van der Waals surface area contributed by atoms with E-state index in [1.54, 1.807) is 0 Å². The van der Waals surface area contributed by atoms with Crippen molar-refractivity contribution in [1.29, 1.82) is 0 Å². The zero-order valence-electron chi connectivity index (χ0n) is 35.5. The Morgan fingerprint density at radius 3 is 1.82 bits per heavy atom. The minimum Gasteiger partial charge on any atom is -0.292 e. The van der Waals surface area contributed by atoms with Crippen LogP contribution in [0.25, 0.3) is 33.9 Å². The van der Waals surface area contributed by atoms with Crippen LogP contribution in [0.3, 0.4) is 0 Å². The van der Waals surface area contributed by atoms with Crippen LogP contribution in [0.2, 0.25) is 0 Å². The fraction of sp³-hybridized carbons (Fsp3) is 0.562. The summed E-state index contributed by atoms with van der Waals surface area (Å²) in [4.78, 5) is 5.48. The van der Waals surface area contributed by atoms with Crippen molar-refractivity contribution in [2.45, 2.75) is 156 Å². The predicted molar refractivity (Wildman–Crippen MR) is 225 cm³/mol. The molecule has 0 saturated carbocycles. The second-order valence-corrected chi connectivity index (χ2v) is 19.0. The number of rotatable bonds is 6. The third-order valence-corrected chi connectivity index (χ3v) is 9.70. The van der Waals surface area contributed by atoms with Gasteiger partial charge in [0.15, 0.2) is 0 Å². The van der Waals surface area contributed by atoms with Crippen LogP contribution in [0.4, 0.5) is 0 Å². The predicted octanol–water partition coefficient (Wildman–Crippen LogP) is 14.8. The Bertz CT molecular complexity index is 1810. The Morgan fingerprint density at radius 2 is 1.34 bits per heavy atom. The molecule has 0 amide bonds. The summed E-state index contributed by atoms with van der Waals surface area (Å²) in [6.07, 6.45) is 13.8. The molecule has 5 rings (SSSR count). The minimum atomic E-state index is 0.0431. The normalized spacial score (nSPS) is 16.2. The highest BCUT2D eigenvalue weighted by Crippen LogP contribution is 2.50. The number of imidazole rings is 1. The zero-order chi connectivity index (χ0) is 38.0. The SMILES string of the molecule is CC.CC(C)(C)C.CC=CC(C)(CC)C1CC=Cc2c1c1nc(C)c(-c3c(C)cccc3C)n1c1cc(CC(C)(C)C)c(CC(C)(C)C)cc21. The highest BCUT2D eigenvalue weighted by atomic mass is 15.0. The molecule has 50 heavy (non-hydrogen) atoms. The Morgan fingerprint density at radius 1 is 0.820 bits per heavy atom. The van der Waals surface area contributed by atoms with Gasteiger partial charge in [0, 0.05) is 22.4 Å². The first-order valence-electron chi connectivity index (χ1n) is 19.5. The first-order chi connectivity index (χ1) is 23.1. The maximum atomic E-state index is 5.48. The van der Waals surface area contributed by atoms with Crippen LogP contribution in [0, 0.1) is 42.4 Å². The molecule has 2 heteroatoms. The van der Waals surface area contributed by atoms with Crippen LogP contribution in [-0.4, -0.2) is 9.38 Å². The van der Waals surface area contributed by atoms with E-state index in [0.717, 1.165) is 37.0 Å². The molecule has 2 unspecified atom stereocenters. The number of pyridine rings is 1. The maximum absolute atomic E-state index is 5.48. The molecule has 0 radical (unpaired) electrons. The van der Waals surface area contributed by atoms with Crippen LogP contribution in [0.5, 0.6) is 0 Å². The molecule has 1 aliphatic rings. The topological polar surface area (TPSA) is 17.3 Å².